The van der Waals surface area contributed by atoms with Crippen molar-refractivity contribution < 1.29 is 12.8 Å². The van der Waals surface area contributed by atoms with Gasteiger partial charge in [0, 0.05) is 31.7 Å². The lowest BCUT2D eigenvalue weighted by molar-refractivity contribution is 0.151. The molecule has 1 aliphatic carbocycles. The van der Waals surface area contributed by atoms with Crippen LogP contribution in [0.1, 0.15) is 36.8 Å². The number of hydrogen-bond acceptors (Lipinski definition) is 4. The predicted molar refractivity (Wildman–Crippen MR) is 89.1 cm³/mol. The average molecular weight is 351 g/mol. The highest BCUT2D eigenvalue weighted by Crippen LogP contribution is 2.32. The zero-order valence-corrected chi connectivity index (χ0v) is 14.6. The molecule has 0 spiro atoms. The second-order valence-corrected chi connectivity index (χ2v) is 8.98. The maximum Gasteiger partial charge on any atom is 0.217 e. The van der Waals surface area contributed by atoms with Gasteiger partial charge in [-0.05, 0) is 44.4 Å². The molecule has 130 valence electrons. The molecule has 5 nitrogen and oxygen atoms in total. The Bertz CT molecular complexity index is 756. The first-order valence-electron chi connectivity index (χ1n) is 8.29. The van der Waals surface area contributed by atoms with E-state index in [4.69, 9.17) is 5.26 Å². The summed E-state index contributed by atoms with van der Waals surface area (Å²) in [7, 11) is -1.51. The molecule has 0 aromatic heterocycles. The highest BCUT2D eigenvalue weighted by Gasteiger charge is 2.41. The highest BCUT2D eigenvalue weighted by atomic mass is 32.2. The first kappa shape index (κ1) is 17.3. The van der Waals surface area contributed by atoms with E-state index in [1.807, 2.05) is 6.07 Å². The van der Waals surface area contributed by atoms with Crippen LogP contribution >= 0.6 is 0 Å². The summed E-state index contributed by atoms with van der Waals surface area (Å²) in [5.41, 5.74) is 0.852. The molecule has 1 saturated carbocycles. The fourth-order valence-electron chi connectivity index (χ4n) is 3.27. The summed E-state index contributed by atoms with van der Waals surface area (Å²) in [6, 6.07) is 6.38. The molecule has 7 heteroatoms. The molecule has 1 aliphatic heterocycles. The Morgan fingerprint density at radius 1 is 1.38 bits per heavy atom. The number of nitriles is 1. The van der Waals surface area contributed by atoms with Crippen LogP contribution in [0.4, 0.5) is 4.39 Å². The minimum Gasteiger partial charge on any atom is -0.297 e. The minimum atomic E-state index is -3.18. The van der Waals surface area contributed by atoms with Gasteiger partial charge < -0.3 is 0 Å². The molecule has 3 rings (SSSR count). The molecule has 0 N–H and O–H groups in total. The second-order valence-electron chi connectivity index (χ2n) is 6.71. The number of benzene rings is 1. The Morgan fingerprint density at radius 2 is 2.12 bits per heavy atom. The lowest BCUT2D eigenvalue weighted by Crippen LogP contribution is -2.49. The minimum absolute atomic E-state index is 0.0502. The maximum atomic E-state index is 14.1. The molecule has 1 aromatic carbocycles. The third-order valence-electron chi connectivity index (χ3n) is 4.92. The van der Waals surface area contributed by atoms with E-state index in [9.17, 15) is 12.8 Å². The standard InChI is InChI=1S/C17H22FN3O2S/c1-20(24(22,23)16-6-7-16)15-3-2-8-21(12-15)11-14-5-4-13(10-19)9-17(14)18/h4-5,9,15-16H,2-3,6-8,11-12H2,1H3. The number of piperidine rings is 1. The lowest BCUT2D eigenvalue weighted by atomic mass is 10.0. The number of sulfonamides is 1. The van der Waals surface area contributed by atoms with E-state index >= 15 is 0 Å². The Kier molecular flexibility index (Phi) is 4.90. The third-order valence-corrected chi connectivity index (χ3v) is 7.33. The van der Waals surface area contributed by atoms with Crippen molar-refractivity contribution in [3.8, 4) is 6.07 Å². The van der Waals surface area contributed by atoms with Crippen LogP contribution in [0.25, 0.3) is 0 Å². The van der Waals surface area contributed by atoms with Crippen LogP contribution in [-0.2, 0) is 16.6 Å². The summed E-state index contributed by atoms with van der Waals surface area (Å²) < 4.78 is 40.4. The van der Waals surface area contributed by atoms with E-state index in [0.717, 1.165) is 32.2 Å². The van der Waals surface area contributed by atoms with Crippen LogP contribution in [0.5, 0.6) is 0 Å². The summed E-state index contributed by atoms with van der Waals surface area (Å²) in [5.74, 6) is -0.380. The quantitative estimate of drug-likeness (QED) is 0.815. The van der Waals surface area contributed by atoms with Gasteiger partial charge in [0.15, 0.2) is 0 Å². The Hall–Kier alpha value is -1.49. The topological polar surface area (TPSA) is 64.4 Å². The van der Waals surface area contributed by atoms with Gasteiger partial charge >= 0.3 is 0 Å². The van der Waals surface area contributed by atoms with Crippen molar-refractivity contribution in [1.82, 2.24) is 9.21 Å². The van der Waals surface area contributed by atoms with Gasteiger partial charge in [0.05, 0.1) is 16.9 Å². The van der Waals surface area contributed by atoms with Crippen LogP contribution in [0.3, 0.4) is 0 Å². The summed E-state index contributed by atoms with van der Waals surface area (Å²) in [6.07, 6.45) is 3.26. The summed E-state index contributed by atoms with van der Waals surface area (Å²) in [5, 5.41) is 8.61. The molecule has 0 bridgehead atoms. The maximum absolute atomic E-state index is 14.1. The average Bonchev–Trinajstić information content (AvgIpc) is 3.41. The van der Waals surface area contributed by atoms with E-state index in [0.29, 0.717) is 24.2 Å². The monoisotopic (exact) mass is 351 g/mol. The van der Waals surface area contributed by atoms with Crippen molar-refractivity contribution >= 4 is 10.0 Å². The molecule has 24 heavy (non-hydrogen) atoms. The van der Waals surface area contributed by atoms with Gasteiger partial charge in [-0.2, -0.15) is 5.26 Å². The van der Waals surface area contributed by atoms with Gasteiger partial charge in [0.1, 0.15) is 5.82 Å². The van der Waals surface area contributed by atoms with Crippen LogP contribution in [0.2, 0.25) is 0 Å². The van der Waals surface area contributed by atoms with Crippen molar-refractivity contribution in [2.24, 2.45) is 0 Å². The molecule has 1 unspecified atom stereocenters. The fraction of sp³-hybridized carbons (Fsp3) is 0.588. The molecule has 0 radical (unpaired) electrons. The van der Waals surface area contributed by atoms with Crippen molar-refractivity contribution in [2.75, 3.05) is 20.1 Å². The normalized spacial score (nSPS) is 22.5. The summed E-state index contributed by atoms with van der Waals surface area (Å²) in [6.45, 7) is 1.88. The predicted octanol–water partition coefficient (Wildman–Crippen LogP) is 2.09. The number of nitrogens with zero attached hydrogens (tertiary/aromatic N) is 3. The van der Waals surface area contributed by atoms with Gasteiger partial charge in [-0.15, -0.1) is 0 Å². The van der Waals surface area contributed by atoms with E-state index in [2.05, 4.69) is 4.90 Å². The van der Waals surface area contributed by atoms with Crippen molar-refractivity contribution in [1.29, 1.82) is 5.26 Å². The van der Waals surface area contributed by atoms with Gasteiger partial charge in [0.2, 0.25) is 10.0 Å². The summed E-state index contributed by atoms with van der Waals surface area (Å²) >= 11 is 0. The van der Waals surface area contributed by atoms with E-state index in [1.54, 1.807) is 19.2 Å². The molecule has 1 saturated heterocycles. The van der Waals surface area contributed by atoms with Crippen molar-refractivity contribution in [3.05, 3.63) is 35.1 Å². The largest absolute Gasteiger partial charge is 0.297 e. The van der Waals surface area contributed by atoms with Crippen LogP contribution in [-0.4, -0.2) is 49.1 Å². The molecule has 1 aromatic rings. The zero-order chi connectivity index (χ0) is 17.3. The highest BCUT2D eigenvalue weighted by molar-refractivity contribution is 7.90. The molecular weight excluding hydrogens is 329 g/mol. The van der Waals surface area contributed by atoms with Gasteiger partial charge in [-0.25, -0.2) is 17.1 Å². The van der Waals surface area contributed by atoms with E-state index < -0.39 is 10.0 Å². The van der Waals surface area contributed by atoms with Crippen LogP contribution < -0.4 is 0 Å². The molecule has 1 heterocycles. The zero-order valence-electron chi connectivity index (χ0n) is 13.8. The molecular formula is C17H22FN3O2S. The Morgan fingerprint density at radius 3 is 2.75 bits per heavy atom. The fourth-order valence-corrected chi connectivity index (χ4v) is 5.06. The van der Waals surface area contributed by atoms with Gasteiger partial charge in [-0.1, -0.05) is 6.07 Å². The Balaban J connectivity index is 1.66. The van der Waals surface area contributed by atoms with Crippen molar-refractivity contribution in [2.45, 2.75) is 43.5 Å². The van der Waals surface area contributed by atoms with E-state index in [1.165, 1.54) is 10.4 Å². The first-order chi connectivity index (χ1) is 11.4. The summed E-state index contributed by atoms with van der Waals surface area (Å²) in [4.78, 5) is 2.09. The van der Waals surface area contributed by atoms with E-state index in [-0.39, 0.29) is 17.1 Å². The first-order valence-corrected chi connectivity index (χ1v) is 9.80. The second kappa shape index (κ2) is 6.79. The number of likely N-dealkylation sites (N-methyl/N-ethyl adjacent to an activating group) is 1. The number of likely N-dealkylation sites (tertiary alicyclic amines) is 1. The molecule has 0 amide bonds. The van der Waals surface area contributed by atoms with Crippen molar-refractivity contribution in [3.63, 3.8) is 0 Å². The van der Waals surface area contributed by atoms with Crippen LogP contribution in [0, 0.1) is 17.1 Å². The number of halogens is 1. The molecule has 2 fully saturated rings. The Labute approximate surface area is 142 Å². The van der Waals surface area contributed by atoms with Gasteiger partial charge in [0.25, 0.3) is 0 Å². The third kappa shape index (κ3) is 3.61. The number of rotatable bonds is 5. The number of hydrogen-bond donors (Lipinski definition) is 0. The smallest absolute Gasteiger partial charge is 0.217 e. The van der Waals surface area contributed by atoms with Gasteiger partial charge in [-0.3, -0.25) is 4.90 Å². The lowest BCUT2D eigenvalue weighted by Gasteiger charge is -2.37. The van der Waals surface area contributed by atoms with Crippen LogP contribution in [0.15, 0.2) is 18.2 Å². The SMILES string of the molecule is CN(C1CCCN(Cc2ccc(C#N)cc2F)C1)S(=O)(=O)C1CC1. The molecule has 1 atom stereocenters. The molecule has 2 aliphatic rings.